The Bertz CT molecular complexity index is 1210. The van der Waals surface area contributed by atoms with Crippen LogP contribution in [-0.4, -0.2) is 50.6 Å². The number of thiazole rings is 1. The molecule has 0 radical (unpaired) electrons. The Hall–Kier alpha value is -2.63. The average Bonchev–Trinajstić information content (AvgIpc) is 3.34. The van der Waals surface area contributed by atoms with Gasteiger partial charge in [0.2, 0.25) is 5.91 Å². The van der Waals surface area contributed by atoms with E-state index in [1.165, 1.54) is 39.8 Å². The molecule has 10 heteroatoms. The first-order chi connectivity index (χ1) is 17.1. The minimum Gasteiger partial charge on any atom is -0.448 e. The number of hydrogen-bond acceptors (Lipinski definition) is 9. The molecule has 0 aliphatic carbocycles. The van der Waals surface area contributed by atoms with Crippen LogP contribution in [0.5, 0.6) is 0 Å². The maximum Gasteiger partial charge on any atom is 0.356 e. The Labute approximate surface area is 215 Å². The Morgan fingerprint density at radius 2 is 1.83 bits per heavy atom. The molecule has 7 nitrogen and oxygen atoms in total. The van der Waals surface area contributed by atoms with Gasteiger partial charge >= 0.3 is 5.97 Å². The van der Waals surface area contributed by atoms with E-state index in [4.69, 9.17) is 10.5 Å². The van der Waals surface area contributed by atoms with Crippen molar-refractivity contribution in [3.8, 4) is 0 Å². The molecule has 0 bridgehead atoms. The molecule has 3 N–H and O–H groups in total. The maximum atomic E-state index is 13.7. The first kappa shape index (κ1) is 24.1. The number of carbonyl (C=O) groups is 2. The minimum absolute atomic E-state index is 0.0200. The maximum absolute atomic E-state index is 13.7. The van der Waals surface area contributed by atoms with E-state index < -0.39 is 18.1 Å². The van der Waals surface area contributed by atoms with Crippen LogP contribution in [0.4, 0.5) is 0 Å². The molecule has 1 aromatic heterocycles. The molecular formula is C25H23N3O4S3. The zero-order valence-corrected chi connectivity index (χ0v) is 21.0. The summed E-state index contributed by atoms with van der Waals surface area (Å²) < 4.78 is 6.85. The fourth-order valence-electron chi connectivity index (χ4n) is 3.97. The number of aliphatic hydroxyl groups is 1. The zero-order valence-electron chi connectivity index (χ0n) is 18.6. The van der Waals surface area contributed by atoms with Crippen LogP contribution in [0.3, 0.4) is 0 Å². The van der Waals surface area contributed by atoms with E-state index in [1.807, 2.05) is 66.0 Å². The molecule has 2 aliphatic heterocycles. The third-order valence-corrected chi connectivity index (χ3v) is 9.26. The van der Waals surface area contributed by atoms with Crippen LogP contribution in [0.15, 0.2) is 81.0 Å². The van der Waals surface area contributed by atoms with Crippen LogP contribution in [0, 0.1) is 0 Å². The number of β-lactam (4-membered cyclic amide) rings is 1. The van der Waals surface area contributed by atoms with Gasteiger partial charge in [-0.3, -0.25) is 9.69 Å². The second kappa shape index (κ2) is 10.5. The van der Waals surface area contributed by atoms with Crippen molar-refractivity contribution in [2.75, 3.05) is 12.4 Å². The first-order valence-electron chi connectivity index (χ1n) is 11.0. The molecule has 5 rings (SSSR count). The highest BCUT2D eigenvalue weighted by molar-refractivity contribution is 8.07. The number of esters is 1. The molecule has 0 unspecified atom stereocenters. The third kappa shape index (κ3) is 4.89. The predicted octanol–water partition coefficient (Wildman–Crippen LogP) is 3.56. The highest BCUT2D eigenvalue weighted by Crippen LogP contribution is 2.46. The fourth-order valence-corrected chi connectivity index (χ4v) is 7.42. The van der Waals surface area contributed by atoms with Crippen LogP contribution in [0.2, 0.25) is 0 Å². The summed E-state index contributed by atoms with van der Waals surface area (Å²) in [4.78, 5) is 33.2. The number of nitrogens with zero attached hydrogens (tertiary/aromatic N) is 2. The number of aromatic nitrogens is 1. The number of aliphatic hydroxyl groups excluding tert-OH is 1. The van der Waals surface area contributed by atoms with Crippen molar-refractivity contribution in [3.05, 3.63) is 93.5 Å². The molecule has 0 spiro atoms. The summed E-state index contributed by atoms with van der Waals surface area (Å²) in [6.07, 6.45) is -0.158. The third-order valence-electron chi connectivity index (χ3n) is 5.71. The van der Waals surface area contributed by atoms with Crippen molar-refractivity contribution >= 4 is 46.7 Å². The van der Waals surface area contributed by atoms with Gasteiger partial charge in [0.15, 0.2) is 10.4 Å². The molecule has 2 atom stereocenters. The second-order valence-electron chi connectivity index (χ2n) is 7.99. The van der Waals surface area contributed by atoms with Gasteiger partial charge in [0, 0.05) is 29.1 Å². The highest BCUT2D eigenvalue weighted by atomic mass is 32.2. The largest absolute Gasteiger partial charge is 0.448 e. The molecule has 3 heterocycles. The van der Waals surface area contributed by atoms with Crippen LogP contribution in [0.1, 0.15) is 22.9 Å². The molecule has 180 valence electrons. The highest BCUT2D eigenvalue weighted by Gasteiger charge is 2.52. The van der Waals surface area contributed by atoms with Crippen molar-refractivity contribution in [2.45, 2.75) is 28.3 Å². The predicted molar refractivity (Wildman–Crippen MR) is 138 cm³/mol. The lowest BCUT2D eigenvalue weighted by Crippen LogP contribution is -2.68. The van der Waals surface area contributed by atoms with E-state index in [1.54, 1.807) is 0 Å². The quantitative estimate of drug-likeness (QED) is 0.340. The van der Waals surface area contributed by atoms with Gasteiger partial charge in [0.05, 0.1) is 5.69 Å². The van der Waals surface area contributed by atoms with Crippen molar-refractivity contribution in [2.24, 2.45) is 5.73 Å². The summed E-state index contributed by atoms with van der Waals surface area (Å²) in [5.74, 6) is -0.334. The number of benzene rings is 2. The minimum atomic E-state index is -0.635. The summed E-state index contributed by atoms with van der Waals surface area (Å²) in [6, 6.07) is 18.4. The monoisotopic (exact) mass is 525 g/mol. The van der Waals surface area contributed by atoms with Gasteiger partial charge in [0.25, 0.3) is 0 Å². The number of fused-ring (bicyclic) bond motifs is 1. The first-order valence-corrected chi connectivity index (χ1v) is 13.8. The summed E-state index contributed by atoms with van der Waals surface area (Å²) in [6.45, 7) is 0.0200. The van der Waals surface area contributed by atoms with Crippen LogP contribution in [-0.2, 0) is 20.7 Å². The van der Waals surface area contributed by atoms with Gasteiger partial charge in [0.1, 0.15) is 17.1 Å². The molecule has 0 saturated carbocycles. The summed E-state index contributed by atoms with van der Waals surface area (Å²) in [7, 11) is 0. The topological polar surface area (TPSA) is 106 Å². The van der Waals surface area contributed by atoms with E-state index in [0.717, 1.165) is 21.2 Å². The molecule has 35 heavy (non-hydrogen) atoms. The number of nitrogens with two attached hydrogens (primary N) is 1. The number of thioether (sulfide) groups is 2. The van der Waals surface area contributed by atoms with Crippen molar-refractivity contribution in [1.29, 1.82) is 0 Å². The van der Waals surface area contributed by atoms with Crippen molar-refractivity contribution in [1.82, 2.24) is 9.88 Å². The van der Waals surface area contributed by atoms with Crippen molar-refractivity contribution in [3.63, 3.8) is 0 Å². The Balaban J connectivity index is 1.49. The Kier molecular flexibility index (Phi) is 7.26. The standard InChI is InChI=1S/C25H23N3O4S3/c26-19-22(30)28-20(18(14-33-23(19)28)35-25-27-17(11-12-29)13-34-25)24(31)32-21(15-7-3-1-4-8-15)16-9-5-2-6-10-16/h1-10,13,19,21,23,29H,11-12,14,26H2/t19-,23-/m1/s1. The second-order valence-corrected chi connectivity index (χ2v) is 11.3. The molecule has 1 saturated heterocycles. The molecule has 3 aromatic rings. The van der Waals surface area contributed by atoms with Gasteiger partial charge in [-0.15, -0.1) is 23.1 Å². The normalized spacial score (nSPS) is 19.5. The summed E-state index contributed by atoms with van der Waals surface area (Å²) in [5.41, 5.74) is 8.73. The lowest BCUT2D eigenvalue weighted by atomic mass is 10.0. The van der Waals surface area contributed by atoms with Crippen LogP contribution < -0.4 is 5.73 Å². The van der Waals surface area contributed by atoms with Gasteiger partial charge < -0.3 is 15.6 Å². The Morgan fingerprint density at radius 1 is 1.17 bits per heavy atom. The van der Waals surface area contributed by atoms with E-state index in [0.29, 0.717) is 17.1 Å². The molecule has 2 aromatic carbocycles. The number of hydrogen-bond donors (Lipinski definition) is 2. The van der Waals surface area contributed by atoms with E-state index in [9.17, 15) is 14.7 Å². The lowest BCUT2D eigenvalue weighted by Gasteiger charge is -2.48. The smallest absolute Gasteiger partial charge is 0.356 e. The SMILES string of the molecule is N[C@@H]1C(=O)N2C(C(=O)OC(c3ccccc3)c3ccccc3)=C(Sc3nc(CCO)cs3)CS[C@H]12. The molecule has 2 aliphatic rings. The van der Waals surface area contributed by atoms with Crippen molar-refractivity contribution < 1.29 is 19.4 Å². The van der Waals surface area contributed by atoms with E-state index >= 15 is 0 Å². The molecule has 1 fully saturated rings. The number of amides is 1. The zero-order chi connectivity index (χ0) is 24.4. The van der Waals surface area contributed by atoms with Gasteiger partial charge in [-0.05, 0) is 11.1 Å². The molecule has 1 amide bonds. The molecular weight excluding hydrogens is 502 g/mol. The average molecular weight is 526 g/mol. The number of ether oxygens (including phenoxy) is 1. The van der Waals surface area contributed by atoms with E-state index in [2.05, 4.69) is 4.98 Å². The van der Waals surface area contributed by atoms with Gasteiger partial charge in [-0.2, -0.15) is 0 Å². The summed E-state index contributed by atoms with van der Waals surface area (Å²) >= 11 is 4.33. The van der Waals surface area contributed by atoms with Crippen LogP contribution in [0.25, 0.3) is 0 Å². The lowest BCUT2D eigenvalue weighted by molar-refractivity contribution is -0.152. The summed E-state index contributed by atoms with van der Waals surface area (Å²) in [5, 5.41) is 10.8. The number of carbonyl (C=O) groups excluding carboxylic acids is 2. The van der Waals surface area contributed by atoms with E-state index in [-0.39, 0.29) is 23.6 Å². The van der Waals surface area contributed by atoms with Gasteiger partial charge in [-0.1, -0.05) is 72.4 Å². The van der Waals surface area contributed by atoms with Gasteiger partial charge in [-0.25, -0.2) is 9.78 Å². The fraction of sp³-hybridized carbons (Fsp3) is 0.240. The Morgan fingerprint density at radius 3 is 2.46 bits per heavy atom. The van der Waals surface area contributed by atoms with Crippen LogP contribution >= 0.6 is 34.9 Å². The number of rotatable bonds is 8.